The minimum atomic E-state index is -5.76. The van der Waals surface area contributed by atoms with Crippen molar-refractivity contribution in [3.05, 3.63) is 0 Å². The number of aliphatic hydroxyl groups excluding tert-OH is 2. The zero-order chi connectivity index (χ0) is 25.6. The highest BCUT2D eigenvalue weighted by Crippen LogP contribution is 2.67. The van der Waals surface area contributed by atoms with Gasteiger partial charge in [0.2, 0.25) is 0 Å². The van der Waals surface area contributed by atoms with E-state index in [1.807, 2.05) is 0 Å². The molecule has 0 amide bonds. The Bertz CT molecular complexity index is 575. The molecule has 10 N–H and O–H groups in total. The molecule has 0 aliphatic rings. The van der Waals surface area contributed by atoms with E-state index in [2.05, 4.69) is 4.74 Å². The fourth-order valence-electron chi connectivity index (χ4n) is 1.49. The molecule has 0 saturated heterocycles. The summed E-state index contributed by atoms with van der Waals surface area (Å²) in [5.41, 5.74) is -6.82. The van der Waals surface area contributed by atoms with Crippen molar-refractivity contribution in [1.82, 2.24) is 0 Å². The lowest BCUT2D eigenvalue weighted by atomic mass is 10.7. The van der Waals surface area contributed by atoms with Gasteiger partial charge in [-0.05, 0) is 0 Å². The number of hydrogen-bond acceptors (Lipinski definition) is 10. The van der Waals surface area contributed by atoms with Crippen LogP contribution in [0.15, 0.2) is 0 Å². The highest BCUT2D eigenvalue weighted by molar-refractivity contribution is 7.72. The normalized spacial score (nSPS) is 13.4. The van der Waals surface area contributed by atoms with E-state index >= 15 is 0 Å². The van der Waals surface area contributed by atoms with Gasteiger partial charge >= 0.3 is 30.4 Å². The second kappa shape index (κ2) is 16.1. The molecule has 0 unspecified atom stereocenters. The summed E-state index contributed by atoms with van der Waals surface area (Å²) in [5.74, 6) is 0. The fourth-order valence-corrected chi connectivity index (χ4v) is 6.13. The first-order chi connectivity index (χ1) is 14.4. The van der Waals surface area contributed by atoms with Crippen LogP contribution >= 0.6 is 30.4 Å². The lowest BCUT2D eigenvalue weighted by Gasteiger charge is -2.26. The Balaban J connectivity index is 0. The minimum absolute atomic E-state index is 0.0413. The van der Waals surface area contributed by atoms with Gasteiger partial charge in [0.1, 0.15) is 0 Å². The summed E-state index contributed by atoms with van der Waals surface area (Å²) in [6, 6.07) is 0. The van der Waals surface area contributed by atoms with Crippen molar-refractivity contribution in [1.29, 1.82) is 0 Å². The Hall–Kier alpha value is 0.360. The zero-order valence-electron chi connectivity index (χ0n) is 16.3. The molecule has 0 bridgehead atoms. The second-order valence-electron chi connectivity index (χ2n) is 5.43. The first-order valence-electron chi connectivity index (χ1n) is 8.20. The third-order valence-corrected chi connectivity index (χ3v) is 9.01. The average molecular weight is 560 g/mol. The molecule has 32 heavy (non-hydrogen) atoms. The van der Waals surface area contributed by atoms with E-state index in [9.17, 15) is 18.3 Å². The molecule has 0 aliphatic carbocycles. The SMILES string of the molecule is O=P(O)(O)C(OC(P(=O)(O)O)P(=O)(O)O)P(=O)(O)O.OCCOCCOCCOCCO. The highest BCUT2D eigenvalue weighted by atomic mass is 31.2. The van der Waals surface area contributed by atoms with Crippen LogP contribution in [0.3, 0.4) is 0 Å². The first kappa shape index (κ1) is 34.5. The van der Waals surface area contributed by atoms with Gasteiger partial charge < -0.3 is 68.3 Å². The lowest BCUT2D eigenvalue weighted by Crippen LogP contribution is -2.23. The van der Waals surface area contributed by atoms with Crippen molar-refractivity contribution in [3.63, 3.8) is 0 Å². The van der Waals surface area contributed by atoms with E-state index in [1.54, 1.807) is 0 Å². The van der Waals surface area contributed by atoms with Crippen LogP contribution in [-0.2, 0) is 37.2 Å². The molecule has 0 atom stereocenters. The summed E-state index contributed by atoms with van der Waals surface area (Å²) in [4.78, 5) is 68.7. The van der Waals surface area contributed by atoms with Gasteiger partial charge in [-0.2, -0.15) is 0 Å². The summed E-state index contributed by atoms with van der Waals surface area (Å²) in [5, 5.41) is 16.7. The number of hydrogen-bond donors (Lipinski definition) is 10. The quantitative estimate of drug-likeness (QED) is 0.0678. The zero-order valence-corrected chi connectivity index (χ0v) is 19.9. The summed E-state index contributed by atoms with van der Waals surface area (Å²) < 4.78 is 61.6. The first-order valence-corrected chi connectivity index (χ1v) is 14.9. The van der Waals surface area contributed by atoms with E-state index < -0.39 is 41.6 Å². The van der Waals surface area contributed by atoms with E-state index in [0.717, 1.165) is 0 Å². The van der Waals surface area contributed by atoms with Crippen molar-refractivity contribution in [2.24, 2.45) is 0 Å². The molecule has 18 nitrogen and oxygen atoms in total. The largest absolute Gasteiger partial charge is 0.394 e. The third-order valence-electron chi connectivity index (χ3n) is 2.61. The topological polar surface area (TPSA) is 308 Å². The van der Waals surface area contributed by atoms with Crippen molar-refractivity contribution < 1.29 is 86.6 Å². The summed E-state index contributed by atoms with van der Waals surface area (Å²) in [6.45, 7) is 2.76. The Morgan fingerprint density at radius 3 is 0.875 bits per heavy atom. The molecule has 0 aromatic heterocycles. The number of rotatable bonds is 16. The fraction of sp³-hybridized carbons (Fsp3) is 1.00. The Labute approximate surface area is 181 Å². The van der Waals surface area contributed by atoms with Gasteiger partial charge in [0, 0.05) is 0 Å². The summed E-state index contributed by atoms with van der Waals surface area (Å²) in [6.07, 6.45) is 0. The average Bonchev–Trinajstić information content (AvgIpc) is 2.56. The van der Waals surface area contributed by atoms with Crippen molar-refractivity contribution >= 4 is 30.4 Å². The predicted octanol–water partition coefficient (Wildman–Crippen LogP) is -2.70. The lowest BCUT2D eigenvalue weighted by molar-refractivity contribution is 0.00230. The third kappa shape index (κ3) is 17.8. The van der Waals surface area contributed by atoms with Crippen LogP contribution < -0.4 is 0 Å². The van der Waals surface area contributed by atoms with E-state index in [1.165, 1.54) is 0 Å². The van der Waals surface area contributed by atoms with Crippen LogP contribution in [-0.4, -0.2) is 113 Å². The maximum absolute atomic E-state index is 10.7. The van der Waals surface area contributed by atoms with Gasteiger partial charge in [-0.1, -0.05) is 0 Å². The molecule has 0 heterocycles. The van der Waals surface area contributed by atoms with Gasteiger partial charge in [-0.25, -0.2) is 0 Å². The monoisotopic (exact) mass is 560 g/mol. The van der Waals surface area contributed by atoms with Crippen LogP contribution in [0.5, 0.6) is 0 Å². The predicted molar refractivity (Wildman–Crippen MR) is 103 cm³/mol. The van der Waals surface area contributed by atoms with Gasteiger partial charge in [0.15, 0.2) is 0 Å². The van der Waals surface area contributed by atoms with Gasteiger partial charge in [-0.15, -0.1) is 0 Å². The second-order valence-corrected chi connectivity index (χ2v) is 12.8. The van der Waals surface area contributed by atoms with Crippen LogP contribution in [0.4, 0.5) is 0 Å². The Morgan fingerprint density at radius 1 is 0.469 bits per heavy atom. The molecular formula is C10H28O18P4. The van der Waals surface area contributed by atoms with Crippen LogP contribution in [0.25, 0.3) is 0 Å². The molecule has 0 aromatic rings. The molecule has 0 fully saturated rings. The van der Waals surface area contributed by atoms with Gasteiger partial charge in [0.05, 0.1) is 52.9 Å². The van der Waals surface area contributed by atoms with Crippen molar-refractivity contribution in [2.75, 3.05) is 52.9 Å². The van der Waals surface area contributed by atoms with Gasteiger partial charge in [0.25, 0.3) is 11.2 Å². The maximum atomic E-state index is 10.7. The molecule has 22 heteroatoms. The molecule has 0 spiro atoms. The van der Waals surface area contributed by atoms with E-state index in [-0.39, 0.29) is 13.2 Å². The molecule has 0 rings (SSSR count). The summed E-state index contributed by atoms with van der Waals surface area (Å²) in [7, 11) is -23.0. The molecule has 196 valence electrons. The van der Waals surface area contributed by atoms with Crippen molar-refractivity contribution in [3.8, 4) is 0 Å². The highest BCUT2D eigenvalue weighted by Gasteiger charge is 2.54. The molecule has 0 saturated carbocycles. The van der Waals surface area contributed by atoms with Crippen LogP contribution in [0.2, 0.25) is 0 Å². The molecule has 0 aromatic carbocycles. The van der Waals surface area contributed by atoms with Crippen molar-refractivity contribution in [2.45, 2.75) is 11.2 Å². The van der Waals surface area contributed by atoms with Crippen LogP contribution in [0.1, 0.15) is 0 Å². The van der Waals surface area contributed by atoms with Gasteiger partial charge in [-0.3, -0.25) is 18.3 Å². The van der Waals surface area contributed by atoms with E-state index in [4.69, 9.17) is 63.6 Å². The smallest absolute Gasteiger partial charge is 0.366 e. The Kier molecular flexibility index (Phi) is 17.4. The van der Waals surface area contributed by atoms with E-state index in [0.29, 0.717) is 39.6 Å². The minimum Gasteiger partial charge on any atom is -0.394 e. The Morgan fingerprint density at radius 2 is 0.688 bits per heavy atom. The van der Waals surface area contributed by atoms with Crippen LogP contribution in [0, 0.1) is 0 Å². The maximum Gasteiger partial charge on any atom is 0.366 e. The molecule has 0 radical (unpaired) electrons. The number of aliphatic hydroxyl groups is 2. The molecular weight excluding hydrogens is 532 g/mol. The standard InChI is InChI=1S/C8H18O5.C2H10O13P4/c9-1-3-11-5-7-13-8-6-12-4-2-10;3-16(4,5)1(17(6,7)8)15-2(18(9,10)11)19(12,13)14/h9-10H,1-8H2;1-2H,(H2,3,4,5)(H2,6,7,8)(H2,9,10,11)(H2,12,13,14). The number of ether oxygens (including phenoxy) is 4. The summed E-state index contributed by atoms with van der Waals surface area (Å²) >= 11 is 0. The molecule has 0 aliphatic heterocycles.